The number of benzene rings is 1. The van der Waals surface area contributed by atoms with Gasteiger partial charge in [0.1, 0.15) is 0 Å². The molecule has 0 aromatic heterocycles. The Morgan fingerprint density at radius 2 is 2.00 bits per heavy atom. The van der Waals surface area contributed by atoms with E-state index in [1.54, 1.807) is 4.90 Å². The van der Waals surface area contributed by atoms with Gasteiger partial charge in [-0.1, -0.05) is 6.07 Å². The lowest BCUT2D eigenvalue weighted by molar-refractivity contribution is -0.385. The molecule has 4 N–H and O–H groups in total. The molecular formula is C12H15N3O5. The summed E-state index contributed by atoms with van der Waals surface area (Å²) in [5, 5.41) is 29.9. The van der Waals surface area contributed by atoms with E-state index in [0.29, 0.717) is 5.56 Å². The van der Waals surface area contributed by atoms with Crippen molar-refractivity contribution in [3.63, 3.8) is 0 Å². The van der Waals surface area contributed by atoms with Crippen LogP contribution in [0.4, 0.5) is 5.69 Å². The first-order chi connectivity index (χ1) is 9.38. The number of hydrogen-bond acceptors (Lipinski definition) is 6. The third-order valence-electron chi connectivity index (χ3n) is 3.30. The average molecular weight is 281 g/mol. The number of amides is 1. The number of β-amino-alcohol motifs (C(OH)–C–C–N with tert-alkyl or cyclic N) is 2. The Balaban J connectivity index is 2.23. The first-order valence-electron chi connectivity index (χ1n) is 6.04. The highest BCUT2D eigenvalue weighted by Crippen LogP contribution is 2.23. The largest absolute Gasteiger partial charge is 0.389 e. The molecule has 1 aromatic carbocycles. The van der Waals surface area contributed by atoms with Crippen molar-refractivity contribution in [3.8, 4) is 0 Å². The molecule has 1 heterocycles. The maximum Gasteiger partial charge on any atom is 0.274 e. The maximum absolute atomic E-state index is 11.0. The minimum absolute atomic E-state index is 0.0712. The van der Waals surface area contributed by atoms with Gasteiger partial charge in [-0.15, -0.1) is 0 Å². The summed E-state index contributed by atoms with van der Waals surface area (Å²) in [6.07, 6.45) is -1.70. The highest BCUT2D eigenvalue weighted by Gasteiger charge is 2.30. The van der Waals surface area contributed by atoms with Crippen LogP contribution < -0.4 is 5.73 Å². The van der Waals surface area contributed by atoms with Gasteiger partial charge >= 0.3 is 0 Å². The van der Waals surface area contributed by atoms with Crippen molar-refractivity contribution in [2.24, 2.45) is 5.73 Å². The van der Waals surface area contributed by atoms with Gasteiger partial charge in [0.05, 0.1) is 17.1 Å². The average Bonchev–Trinajstić information content (AvgIpc) is 2.68. The monoisotopic (exact) mass is 281 g/mol. The molecule has 1 fully saturated rings. The summed E-state index contributed by atoms with van der Waals surface area (Å²) in [6.45, 7) is 0.704. The molecule has 1 saturated heterocycles. The van der Waals surface area contributed by atoms with E-state index in [4.69, 9.17) is 5.73 Å². The number of nitro benzene ring substituents is 1. The highest BCUT2D eigenvalue weighted by atomic mass is 16.6. The number of primary amides is 1. The van der Waals surface area contributed by atoms with Gasteiger partial charge in [-0.2, -0.15) is 0 Å². The molecule has 8 heteroatoms. The number of nitrogens with two attached hydrogens (primary N) is 1. The first-order valence-corrected chi connectivity index (χ1v) is 6.04. The van der Waals surface area contributed by atoms with Crippen molar-refractivity contribution in [3.05, 3.63) is 39.4 Å². The molecule has 2 rings (SSSR count). The summed E-state index contributed by atoms with van der Waals surface area (Å²) < 4.78 is 0. The lowest BCUT2D eigenvalue weighted by Gasteiger charge is -2.14. The van der Waals surface area contributed by atoms with Crippen LogP contribution in [-0.2, 0) is 6.54 Å². The van der Waals surface area contributed by atoms with E-state index in [0.717, 1.165) is 6.07 Å². The normalized spacial score (nSPS) is 22.9. The van der Waals surface area contributed by atoms with Gasteiger partial charge < -0.3 is 15.9 Å². The van der Waals surface area contributed by atoms with Gasteiger partial charge in [0, 0.05) is 36.8 Å². The van der Waals surface area contributed by atoms with Gasteiger partial charge in [0.25, 0.3) is 5.69 Å². The lowest BCUT2D eigenvalue weighted by atomic mass is 10.1. The fraction of sp³-hybridized carbons (Fsp3) is 0.417. The highest BCUT2D eigenvalue weighted by molar-refractivity contribution is 5.93. The van der Waals surface area contributed by atoms with Crippen molar-refractivity contribution in [1.82, 2.24) is 4.90 Å². The van der Waals surface area contributed by atoms with E-state index >= 15 is 0 Å². The quantitative estimate of drug-likeness (QED) is 0.491. The molecule has 20 heavy (non-hydrogen) atoms. The van der Waals surface area contributed by atoms with Crippen LogP contribution in [0, 0.1) is 10.1 Å². The number of carbonyl (C=O) groups excluding carboxylic acids is 1. The number of nitro groups is 1. The van der Waals surface area contributed by atoms with Crippen molar-refractivity contribution < 1.29 is 19.9 Å². The minimum atomic E-state index is -0.848. The Labute approximate surface area is 114 Å². The van der Waals surface area contributed by atoms with Gasteiger partial charge in [0.2, 0.25) is 5.91 Å². The van der Waals surface area contributed by atoms with E-state index in [1.807, 2.05) is 0 Å². The zero-order chi connectivity index (χ0) is 14.9. The van der Waals surface area contributed by atoms with E-state index in [9.17, 15) is 25.1 Å². The summed E-state index contributed by atoms with van der Waals surface area (Å²) in [6, 6.07) is 4.03. The SMILES string of the molecule is NC(=O)c1ccc(CN2C[C@@H](O)[C@@H](O)C2)c([N+](=O)[O-])c1. The first kappa shape index (κ1) is 14.4. The summed E-state index contributed by atoms with van der Waals surface area (Å²) in [7, 11) is 0. The molecule has 0 bridgehead atoms. The van der Waals surface area contributed by atoms with Gasteiger partial charge in [-0.05, 0) is 6.07 Å². The van der Waals surface area contributed by atoms with Crippen molar-refractivity contribution >= 4 is 11.6 Å². The fourth-order valence-corrected chi connectivity index (χ4v) is 2.24. The van der Waals surface area contributed by atoms with E-state index in [2.05, 4.69) is 0 Å². The van der Waals surface area contributed by atoms with E-state index in [-0.39, 0.29) is 30.9 Å². The second-order valence-electron chi connectivity index (χ2n) is 4.79. The van der Waals surface area contributed by atoms with Gasteiger partial charge in [-0.25, -0.2) is 0 Å². The van der Waals surface area contributed by atoms with E-state index < -0.39 is 23.0 Å². The number of nitrogens with zero attached hydrogens (tertiary/aromatic N) is 2. The molecule has 1 amide bonds. The molecule has 0 spiro atoms. The second kappa shape index (κ2) is 5.53. The fourth-order valence-electron chi connectivity index (χ4n) is 2.24. The molecule has 0 saturated carbocycles. The number of hydrogen-bond donors (Lipinski definition) is 3. The molecule has 0 aliphatic carbocycles. The summed E-state index contributed by atoms with van der Waals surface area (Å²) in [5.74, 6) is -0.730. The van der Waals surface area contributed by atoms with Crippen molar-refractivity contribution in [2.45, 2.75) is 18.8 Å². The zero-order valence-electron chi connectivity index (χ0n) is 10.6. The van der Waals surface area contributed by atoms with Crippen molar-refractivity contribution in [1.29, 1.82) is 0 Å². The van der Waals surface area contributed by atoms with Crippen LogP contribution in [0.25, 0.3) is 0 Å². The molecule has 0 radical (unpaired) electrons. The Bertz CT molecular complexity index is 538. The number of aliphatic hydroxyl groups is 2. The standard InChI is InChI=1S/C12H15N3O5/c13-12(18)7-1-2-8(9(3-7)15(19)20)4-14-5-10(16)11(17)6-14/h1-3,10-11,16-17H,4-6H2,(H2,13,18)/t10-,11+. The molecule has 2 atom stereocenters. The van der Waals surface area contributed by atoms with Crippen LogP contribution in [0.15, 0.2) is 18.2 Å². The minimum Gasteiger partial charge on any atom is -0.389 e. The van der Waals surface area contributed by atoms with Crippen molar-refractivity contribution in [2.75, 3.05) is 13.1 Å². The molecular weight excluding hydrogens is 266 g/mol. The topological polar surface area (TPSA) is 130 Å². The van der Waals surface area contributed by atoms with Crippen LogP contribution >= 0.6 is 0 Å². The predicted octanol–water partition coefficient (Wildman–Crippen LogP) is -0.769. The third kappa shape index (κ3) is 2.93. The Hall–Kier alpha value is -2.03. The lowest BCUT2D eigenvalue weighted by Crippen LogP contribution is -2.22. The Kier molecular flexibility index (Phi) is 3.98. The molecule has 1 aliphatic heterocycles. The van der Waals surface area contributed by atoms with Crippen LogP contribution in [0.5, 0.6) is 0 Å². The Morgan fingerprint density at radius 1 is 1.40 bits per heavy atom. The predicted molar refractivity (Wildman–Crippen MR) is 68.9 cm³/mol. The summed E-state index contributed by atoms with van der Waals surface area (Å²) in [5.41, 5.74) is 5.37. The van der Waals surface area contributed by atoms with Gasteiger partial charge in [-0.3, -0.25) is 19.8 Å². The number of likely N-dealkylation sites (tertiary alicyclic amines) is 1. The Morgan fingerprint density at radius 3 is 2.50 bits per heavy atom. The summed E-state index contributed by atoms with van der Waals surface area (Å²) >= 11 is 0. The van der Waals surface area contributed by atoms with Crippen LogP contribution in [-0.4, -0.2) is 51.2 Å². The molecule has 0 unspecified atom stereocenters. The molecule has 108 valence electrons. The maximum atomic E-state index is 11.0. The molecule has 1 aliphatic rings. The van der Waals surface area contributed by atoms with Crippen LogP contribution in [0.3, 0.4) is 0 Å². The van der Waals surface area contributed by atoms with Crippen LogP contribution in [0.2, 0.25) is 0 Å². The number of carbonyl (C=O) groups is 1. The smallest absolute Gasteiger partial charge is 0.274 e. The number of rotatable bonds is 4. The number of aliphatic hydroxyl groups excluding tert-OH is 2. The van der Waals surface area contributed by atoms with E-state index in [1.165, 1.54) is 12.1 Å². The molecule has 8 nitrogen and oxygen atoms in total. The second-order valence-corrected chi connectivity index (χ2v) is 4.79. The van der Waals surface area contributed by atoms with Crippen LogP contribution in [0.1, 0.15) is 15.9 Å². The molecule has 1 aromatic rings. The summed E-state index contributed by atoms with van der Waals surface area (Å²) in [4.78, 5) is 23.2. The zero-order valence-corrected chi connectivity index (χ0v) is 10.6. The van der Waals surface area contributed by atoms with Gasteiger partial charge in [0.15, 0.2) is 0 Å². The third-order valence-corrected chi connectivity index (χ3v) is 3.30.